The minimum Gasteiger partial charge on any atom is -0.466 e. The molecule has 1 aromatic carbocycles. The summed E-state index contributed by atoms with van der Waals surface area (Å²) in [5, 5.41) is 10.9. The third-order valence-corrected chi connectivity index (χ3v) is 2.77. The lowest BCUT2D eigenvalue weighted by Gasteiger charge is -2.11. The summed E-state index contributed by atoms with van der Waals surface area (Å²) in [6, 6.07) is 2.03. The molecule has 0 saturated carbocycles. The first-order valence-electron chi connectivity index (χ1n) is 5.85. The van der Waals surface area contributed by atoms with Gasteiger partial charge in [-0.25, -0.2) is 0 Å². The van der Waals surface area contributed by atoms with Crippen LogP contribution in [0.2, 0.25) is 0 Å². The van der Waals surface area contributed by atoms with Gasteiger partial charge in [-0.15, -0.1) is 11.6 Å². The van der Waals surface area contributed by atoms with Crippen LogP contribution in [-0.4, -0.2) is 24.1 Å². The molecular weight excluding hydrogens is 312 g/mol. The first-order valence-corrected chi connectivity index (χ1v) is 6.39. The maximum Gasteiger partial charge on any atom is 0.387 e. The van der Waals surface area contributed by atoms with Gasteiger partial charge in [-0.1, -0.05) is 0 Å². The minimum absolute atomic E-state index is 0.120. The van der Waals surface area contributed by atoms with Crippen molar-refractivity contribution in [1.29, 1.82) is 0 Å². The number of hydrogen-bond acceptors (Lipinski definition) is 5. The number of carbonyl (C=O) groups excluding carboxylic acids is 1. The number of ether oxygens (including phenoxy) is 2. The van der Waals surface area contributed by atoms with Crippen molar-refractivity contribution in [2.75, 3.05) is 6.61 Å². The van der Waals surface area contributed by atoms with Crippen LogP contribution in [0.25, 0.3) is 0 Å². The summed E-state index contributed by atoms with van der Waals surface area (Å²) in [6.07, 6.45) is -0.243. The molecule has 9 heteroatoms. The average Bonchev–Trinajstić information content (AvgIpc) is 2.38. The SMILES string of the molecule is CCOC(=O)Cc1cc(OC(F)F)c([N+](=O)[O-])cc1CCl. The van der Waals surface area contributed by atoms with E-state index in [4.69, 9.17) is 16.3 Å². The molecule has 1 rings (SSSR count). The molecule has 1 aromatic rings. The average molecular weight is 324 g/mol. The Morgan fingerprint density at radius 3 is 2.57 bits per heavy atom. The number of alkyl halides is 3. The smallest absolute Gasteiger partial charge is 0.387 e. The molecule has 0 fully saturated rings. The first-order chi connectivity index (χ1) is 9.88. The van der Waals surface area contributed by atoms with Crippen LogP contribution in [0.3, 0.4) is 0 Å². The maximum atomic E-state index is 12.3. The fourth-order valence-corrected chi connectivity index (χ4v) is 1.89. The lowest BCUT2D eigenvalue weighted by molar-refractivity contribution is -0.386. The number of nitro benzene ring substituents is 1. The van der Waals surface area contributed by atoms with Crippen LogP contribution >= 0.6 is 11.6 Å². The van der Waals surface area contributed by atoms with E-state index in [1.165, 1.54) is 0 Å². The molecule has 0 aliphatic heterocycles. The fraction of sp³-hybridized carbons (Fsp3) is 0.417. The van der Waals surface area contributed by atoms with Crippen LogP contribution in [-0.2, 0) is 21.8 Å². The van der Waals surface area contributed by atoms with Crippen LogP contribution in [0.5, 0.6) is 5.75 Å². The van der Waals surface area contributed by atoms with Crippen LogP contribution < -0.4 is 4.74 Å². The number of esters is 1. The summed E-state index contributed by atoms with van der Waals surface area (Å²) in [7, 11) is 0. The fourth-order valence-electron chi connectivity index (χ4n) is 1.64. The predicted molar refractivity (Wildman–Crippen MR) is 69.6 cm³/mol. The van der Waals surface area contributed by atoms with Gasteiger partial charge in [-0.3, -0.25) is 14.9 Å². The Bertz CT molecular complexity index is 539. The molecule has 0 N–H and O–H groups in total. The minimum atomic E-state index is -3.22. The normalized spacial score (nSPS) is 10.5. The standard InChI is InChI=1S/C12H12ClF2NO5/c1-2-20-11(17)5-7-4-10(21-12(14)15)9(16(18)19)3-8(7)6-13/h3-4,12H,2,5-6H2,1H3. The highest BCUT2D eigenvalue weighted by molar-refractivity contribution is 6.17. The number of benzene rings is 1. The van der Waals surface area contributed by atoms with Crippen molar-refractivity contribution in [3.63, 3.8) is 0 Å². The molecule has 116 valence electrons. The topological polar surface area (TPSA) is 78.7 Å². The van der Waals surface area contributed by atoms with E-state index in [0.717, 1.165) is 12.1 Å². The second kappa shape index (κ2) is 7.72. The van der Waals surface area contributed by atoms with Crippen LogP contribution in [0, 0.1) is 10.1 Å². The van der Waals surface area contributed by atoms with Crippen molar-refractivity contribution < 1.29 is 28.0 Å². The van der Waals surface area contributed by atoms with Gasteiger partial charge in [0.2, 0.25) is 5.75 Å². The van der Waals surface area contributed by atoms with Crippen LogP contribution in [0.15, 0.2) is 12.1 Å². The number of halogens is 3. The van der Waals surface area contributed by atoms with E-state index < -0.39 is 28.9 Å². The molecule has 0 aliphatic carbocycles. The lowest BCUT2D eigenvalue weighted by atomic mass is 10.0. The third-order valence-electron chi connectivity index (χ3n) is 2.48. The zero-order chi connectivity index (χ0) is 16.0. The second-order valence-corrected chi connectivity index (χ2v) is 4.11. The van der Waals surface area contributed by atoms with Gasteiger partial charge in [0.1, 0.15) is 0 Å². The molecule has 0 spiro atoms. The molecule has 0 radical (unpaired) electrons. The lowest BCUT2D eigenvalue weighted by Crippen LogP contribution is -2.11. The molecule has 0 amide bonds. The summed E-state index contributed by atoms with van der Waals surface area (Å²) >= 11 is 5.66. The molecule has 0 atom stereocenters. The van der Waals surface area contributed by atoms with Gasteiger partial charge in [-0.2, -0.15) is 8.78 Å². The van der Waals surface area contributed by atoms with E-state index >= 15 is 0 Å². The highest BCUT2D eigenvalue weighted by Gasteiger charge is 2.23. The van der Waals surface area contributed by atoms with Gasteiger partial charge < -0.3 is 9.47 Å². The van der Waals surface area contributed by atoms with Crippen molar-refractivity contribution in [2.24, 2.45) is 0 Å². The van der Waals surface area contributed by atoms with E-state index in [9.17, 15) is 23.7 Å². The van der Waals surface area contributed by atoms with Gasteiger partial charge in [0, 0.05) is 11.9 Å². The van der Waals surface area contributed by atoms with E-state index in [1.807, 2.05) is 0 Å². The van der Waals surface area contributed by atoms with Gasteiger partial charge in [-0.05, 0) is 24.1 Å². The van der Waals surface area contributed by atoms with E-state index in [1.54, 1.807) is 6.92 Å². The monoisotopic (exact) mass is 323 g/mol. The number of rotatable bonds is 7. The molecule has 0 unspecified atom stereocenters. The number of carbonyl (C=O) groups is 1. The first kappa shape index (κ1) is 17.1. The molecule has 21 heavy (non-hydrogen) atoms. The third kappa shape index (κ3) is 4.82. The van der Waals surface area contributed by atoms with E-state index in [-0.39, 0.29) is 30.0 Å². The van der Waals surface area contributed by atoms with Gasteiger partial charge in [0.25, 0.3) is 0 Å². The molecule has 0 aliphatic rings. The Hall–Kier alpha value is -1.96. The maximum absolute atomic E-state index is 12.3. The summed E-state index contributed by atoms with van der Waals surface area (Å²) < 4.78 is 33.5. The number of hydrogen-bond donors (Lipinski definition) is 0. The Labute approximate surface area is 123 Å². The molecule has 6 nitrogen and oxygen atoms in total. The zero-order valence-electron chi connectivity index (χ0n) is 11.0. The van der Waals surface area contributed by atoms with Crippen molar-refractivity contribution in [1.82, 2.24) is 0 Å². The largest absolute Gasteiger partial charge is 0.466 e. The summed E-state index contributed by atoms with van der Waals surface area (Å²) in [4.78, 5) is 21.4. The van der Waals surface area contributed by atoms with Crippen LogP contribution in [0.1, 0.15) is 18.1 Å². The molecule has 0 heterocycles. The highest BCUT2D eigenvalue weighted by atomic mass is 35.5. The Kier molecular flexibility index (Phi) is 6.29. The van der Waals surface area contributed by atoms with Gasteiger partial charge >= 0.3 is 18.3 Å². The second-order valence-electron chi connectivity index (χ2n) is 3.84. The quantitative estimate of drug-likeness (QED) is 0.333. The van der Waals surface area contributed by atoms with Crippen molar-refractivity contribution in [3.8, 4) is 5.75 Å². The molecular formula is C12H12ClF2NO5. The summed E-state index contributed by atoms with van der Waals surface area (Å²) in [5.41, 5.74) is -0.124. The Morgan fingerprint density at radius 2 is 2.10 bits per heavy atom. The van der Waals surface area contributed by atoms with Gasteiger partial charge in [0.05, 0.1) is 18.0 Å². The van der Waals surface area contributed by atoms with E-state index in [0.29, 0.717) is 0 Å². The number of nitrogens with zero attached hydrogens (tertiary/aromatic N) is 1. The Morgan fingerprint density at radius 1 is 1.43 bits per heavy atom. The molecule has 0 saturated heterocycles. The Balaban J connectivity index is 3.22. The molecule has 0 bridgehead atoms. The van der Waals surface area contributed by atoms with Crippen molar-refractivity contribution in [3.05, 3.63) is 33.4 Å². The summed E-state index contributed by atoms with van der Waals surface area (Å²) in [5.74, 6) is -1.34. The zero-order valence-corrected chi connectivity index (χ0v) is 11.7. The van der Waals surface area contributed by atoms with Crippen LogP contribution in [0.4, 0.5) is 14.5 Å². The highest BCUT2D eigenvalue weighted by Crippen LogP contribution is 2.33. The van der Waals surface area contributed by atoms with Gasteiger partial charge in [0.15, 0.2) is 0 Å². The summed E-state index contributed by atoms with van der Waals surface area (Å²) in [6.45, 7) is -1.45. The van der Waals surface area contributed by atoms with Crippen molar-refractivity contribution in [2.45, 2.75) is 25.8 Å². The van der Waals surface area contributed by atoms with Crippen molar-refractivity contribution >= 4 is 23.3 Å². The van der Waals surface area contributed by atoms with E-state index in [2.05, 4.69) is 4.74 Å². The number of nitro groups is 1. The predicted octanol–water partition coefficient (Wildman–Crippen LogP) is 3.04. The molecule has 0 aromatic heterocycles.